The lowest BCUT2D eigenvalue weighted by molar-refractivity contribution is -0.130. The lowest BCUT2D eigenvalue weighted by Gasteiger charge is -2.31. The van der Waals surface area contributed by atoms with Crippen molar-refractivity contribution in [2.45, 2.75) is 12.8 Å². The Morgan fingerprint density at radius 2 is 1.81 bits per heavy atom. The minimum atomic E-state index is -0.172. The molecule has 2 aromatic carbocycles. The Kier molecular flexibility index (Phi) is 6.23. The molecule has 1 saturated heterocycles. The minimum absolute atomic E-state index is 0.0226. The number of likely N-dealkylation sites (tertiary alicyclic amines) is 1. The molecule has 2 amide bonds. The Morgan fingerprint density at radius 1 is 1.08 bits per heavy atom. The number of nitrogens with zero attached hydrogens (tertiary/aromatic N) is 1. The SMILES string of the molecule is O=C(Nc1ccccc1)C1CCCN(C(=O)C=Cc2ccc(Br)cc2)C1. The first-order valence-electron chi connectivity index (χ1n) is 8.70. The largest absolute Gasteiger partial charge is 0.338 e. The minimum Gasteiger partial charge on any atom is -0.338 e. The van der Waals surface area contributed by atoms with Crippen LogP contribution in [0.15, 0.2) is 65.1 Å². The van der Waals surface area contributed by atoms with Gasteiger partial charge < -0.3 is 10.2 Å². The number of carbonyl (C=O) groups excluding carboxylic acids is 2. The summed E-state index contributed by atoms with van der Waals surface area (Å²) in [5, 5.41) is 2.93. The summed E-state index contributed by atoms with van der Waals surface area (Å²) in [6.07, 6.45) is 5.03. The Bertz CT molecular complexity index is 787. The van der Waals surface area contributed by atoms with Gasteiger partial charge in [0.15, 0.2) is 0 Å². The summed E-state index contributed by atoms with van der Waals surface area (Å²) in [5.41, 5.74) is 1.76. The highest BCUT2D eigenvalue weighted by atomic mass is 79.9. The van der Waals surface area contributed by atoms with E-state index >= 15 is 0 Å². The van der Waals surface area contributed by atoms with Gasteiger partial charge >= 0.3 is 0 Å². The quantitative estimate of drug-likeness (QED) is 0.759. The van der Waals surface area contributed by atoms with Crippen molar-refractivity contribution in [2.24, 2.45) is 5.92 Å². The topological polar surface area (TPSA) is 49.4 Å². The van der Waals surface area contributed by atoms with E-state index in [9.17, 15) is 9.59 Å². The predicted molar refractivity (Wildman–Crippen MR) is 108 cm³/mol. The van der Waals surface area contributed by atoms with E-state index in [0.717, 1.165) is 28.6 Å². The molecule has 0 saturated carbocycles. The van der Waals surface area contributed by atoms with E-state index in [-0.39, 0.29) is 17.7 Å². The van der Waals surface area contributed by atoms with E-state index in [4.69, 9.17) is 0 Å². The maximum atomic E-state index is 12.5. The maximum Gasteiger partial charge on any atom is 0.246 e. The summed E-state index contributed by atoms with van der Waals surface area (Å²) in [4.78, 5) is 26.7. The van der Waals surface area contributed by atoms with Crippen LogP contribution in [0.3, 0.4) is 0 Å². The van der Waals surface area contributed by atoms with Gasteiger partial charge in [0.25, 0.3) is 0 Å². The predicted octanol–water partition coefficient (Wildman–Crippen LogP) is 4.34. The second-order valence-corrected chi connectivity index (χ2v) is 7.28. The third kappa shape index (κ3) is 5.05. The molecule has 1 fully saturated rings. The van der Waals surface area contributed by atoms with Gasteiger partial charge in [-0.3, -0.25) is 9.59 Å². The summed E-state index contributed by atoms with van der Waals surface area (Å²) in [6, 6.07) is 17.2. The average Bonchev–Trinajstić information content (AvgIpc) is 2.68. The van der Waals surface area contributed by atoms with E-state index in [2.05, 4.69) is 21.2 Å². The van der Waals surface area contributed by atoms with Crippen molar-refractivity contribution in [1.82, 2.24) is 4.90 Å². The number of carbonyl (C=O) groups is 2. The Balaban J connectivity index is 1.57. The zero-order valence-electron chi connectivity index (χ0n) is 14.4. The van der Waals surface area contributed by atoms with Crippen molar-refractivity contribution < 1.29 is 9.59 Å². The van der Waals surface area contributed by atoms with Gasteiger partial charge in [0.2, 0.25) is 11.8 Å². The van der Waals surface area contributed by atoms with Crippen molar-refractivity contribution in [3.8, 4) is 0 Å². The molecule has 4 nitrogen and oxygen atoms in total. The fraction of sp³-hybridized carbons (Fsp3) is 0.238. The molecule has 26 heavy (non-hydrogen) atoms. The number of hydrogen-bond acceptors (Lipinski definition) is 2. The summed E-state index contributed by atoms with van der Waals surface area (Å²) in [6.45, 7) is 1.15. The van der Waals surface area contributed by atoms with Gasteiger partial charge in [-0.25, -0.2) is 0 Å². The van der Waals surface area contributed by atoms with Crippen LogP contribution < -0.4 is 5.32 Å². The number of piperidine rings is 1. The highest BCUT2D eigenvalue weighted by Gasteiger charge is 2.27. The molecule has 1 aliphatic rings. The van der Waals surface area contributed by atoms with Crippen LogP contribution >= 0.6 is 15.9 Å². The number of halogens is 1. The van der Waals surface area contributed by atoms with Crippen LogP contribution in [0.5, 0.6) is 0 Å². The van der Waals surface area contributed by atoms with Gasteiger partial charge in [0.1, 0.15) is 0 Å². The first-order valence-corrected chi connectivity index (χ1v) is 9.49. The number of para-hydroxylation sites is 1. The monoisotopic (exact) mass is 412 g/mol. The van der Waals surface area contributed by atoms with Crippen molar-refractivity contribution in [1.29, 1.82) is 0 Å². The van der Waals surface area contributed by atoms with E-state index < -0.39 is 0 Å². The molecule has 0 spiro atoms. The fourth-order valence-corrected chi connectivity index (χ4v) is 3.27. The third-order valence-corrected chi connectivity index (χ3v) is 4.96. The van der Waals surface area contributed by atoms with E-state index in [1.807, 2.05) is 60.7 Å². The molecule has 1 N–H and O–H groups in total. The molecular formula is C21H21BrN2O2. The van der Waals surface area contributed by atoms with Gasteiger partial charge in [-0.2, -0.15) is 0 Å². The van der Waals surface area contributed by atoms with Crippen LogP contribution in [0.2, 0.25) is 0 Å². The molecule has 5 heteroatoms. The van der Waals surface area contributed by atoms with Crippen LogP contribution in [-0.2, 0) is 9.59 Å². The van der Waals surface area contributed by atoms with Crippen LogP contribution in [0, 0.1) is 5.92 Å². The van der Waals surface area contributed by atoms with Crippen molar-refractivity contribution in [3.63, 3.8) is 0 Å². The Labute approximate surface area is 162 Å². The van der Waals surface area contributed by atoms with E-state index in [0.29, 0.717) is 13.1 Å². The average molecular weight is 413 g/mol. The molecular weight excluding hydrogens is 392 g/mol. The number of rotatable bonds is 4. The summed E-state index contributed by atoms with van der Waals surface area (Å²) in [7, 11) is 0. The third-order valence-electron chi connectivity index (χ3n) is 4.43. The fourth-order valence-electron chi connectivity index (χ4n) is 3.00. The molecule has 134 valence electrons. The molecule has 1 aliphatic heterocycles. The molecule has 0 bridgehead atoms. The second-order valence-electron chi connectivity index (χ2n) is 6.36. The van der Waals surface area contributed by atoms with Crippen LogP contribution in [0.4, 0.5) is 5.69 Å². The van der Waals surface area contributed by atoms with Crippen LogP contribution in [-0.4, -0.2) is 29.8 Å². The van der Waals surface area contributed by atoms with Gasteiger partial charge in [-0.15, -0.1) is 0 Å². The van der Waals surface area contributed by atoms with Crippen molar-refractivity contribution >= 4 is 39.5 Å². The lowest BCUT2D eigenvalue weighted by atomic mass is 9.97. The van der Waals surface area contributed by atoms with Gasteiger partial charge in [-0.1, -0.05) is 46.3 Å². The first-order chi connectivity index (χ1) is 12.6. The molecule has 0 radical (unpaired) electrons. The highest BCUT2D eigenvalue weighted by Crippen LogP contribution is 2.19. The van der Waals surface area contributed by atoms with Gasteiger partial charge in [0, 0.05) is 29.3 Å². The number of anilines is 1. The standard InChI is InChI=1S/C21H21BrN2O2/c22-18-11-8-16(9-12-18)10-13-20(25)24-14-4-5-17(15-24)21(26)23-19-6-2-1-3-7-19/h1-3,6-13,17H,4-5,14-15H2,(H,23,26). The van der Waals surface area contributed by atoms with Crippen molar-refractivity contribution in [2.75, 3.05) is 18.4 Å². The molecule has 3 rings (SSSR count). The Morgan fingerprint density at radius 3 is 2.54 bits per heavy atom. The molecule has 1 unspecified atom stereocenters. The molecule has 1 atom stereocenters. The number of nitrogens with one attached hydrogen (secondary N) is 1. The number of benzene rings is 2. The lowest BCUT2D eigenvalue weighted by Crippen LogP contribution is -2.43. The molecule has 1 heterocycles. The first kappa shape index (κ1) is 18.4. The van der Waals surface area contributed by atoms with Gasteiger partial charge in [0.05, 0.1) is 5.92 Å². The van der Waals surface area contributed by atoms with Crippen LogP contribution in [0.1, 0.15) is 18.4 Å². The molecule has 0 aliphatic carbocycles. The number of hydrogen-bond donors (Lipinski definition) is 1. The Hall–Kier alpha value is -2.40. The summed E-state index contributed by atoms with van der Waals surface area (Å²) < 4.78 is 1.00. The highest BCUT2D eigenvalue weighted by molar-refractivity contribution is 9.10. The normalized spacial score (nSPS) is 17.3. The van der Waals surface area contributed by atoms with E-state index in [1.165, 1.54) is 0 Å². The smallest absolute Gasteiger partial charge is 0.246 e. The van der Waals surface area contributed by atoms with Gasteiger partial charge in [-0.05, 0) is 48.7 Å². The van der Waals surface area contributed by atoms with Crippen molar-refractivity contribution in [3.05, 3.63) is 70.7 Å². The zero-order valence-corrected chi connectivity index (χ0v) is 16.0. The zero-order chi connectivity index (χ0) is 18.4. The molecule has 2 aromatic rings. The molecule has 0 aromatic heterocycles. The van der Waals surface area contributed by atoms with Crippen LogP contribution in [0.25, 0.3) is 6.08 Å². The second kappa shape index (κ2) is 8.81. The maximum absolute atomic E-state index is 12.5. The summed E-state index contributed by atoms with van der Waals surface area (Å²) in [5.74, 6) is -0.246. The number of amides is 2. The summed E-state index contributed by atoms with van der Waals surface area (Å²) >= 11 is 3.39. The van der Waals surface area contributed by atoms with E-state index in [1.54, 1.807) is 11.0 Å².